The van der Waals surface area contributed by atoms with Crippen molar-refractivity contribution in [2.45, 2.75) is 113 Å². The van der Waals surface area contributed by atoms with Crippen molar-refractivity contribution >= 4 is 19.7 Å². The molecule has 0 saturated carbocycles. The van der Waals surface area contributed by atoms with Gasteiger partial charge in [-0.15, -0.1) is 0 Å². The van der Waals surface area contributed by atoms with Gasteiger partial charge in [0.15, 0.2) is 0 Å². The lowest BCUT2D eigenvalue weighted by Gasteiger charge is -2.53. The minimum Gasteiger partial charge on any atom is -0.386 e. The second kappa shape index (κ2) is 11.6. The van der Waals surface area contributed by atoms with Crippen LogP contribution in [-0.4, -0.2) is 43.8 Å². The Bertz CT molecular complexity index is 640. The molecule has 0 spiro atoms. The molecule has 0 N–H and O–H groups in total. The number of likely N-dealkylation sites (N-methyl/N-ethyl adjacent to an activating group) is 1. The second-order valence-corrected chi connectivity index (χ2v) is 9.79. The number of benzene rings is 1. The highest BCUT2D eigenvalue weighted by Gasteiger charge is 2.55. The summed E-state index contributed by atoms with van der Waals surface area (Å²) in [6, 6.07) is 7.14. The highest BCUT2D eigenvalue weighted by Crippen LogP contribution is 2.49. The van der Waals surface area contributed by atoms with Crippen LogP contribution in [0.25, 0.3) is 0 Å². The smallest absolute Gasteiger partial charge is 0.330 e. The zero-order chi connectivity index (χ0) is 24.0. The van der Waals surface area contributed by atoms with Crippen molar-refractivity contribution in [3.63, 3.8) is 0 Å². The van der Waals surface area contributed by atoms with Crippen molar-refractivity contribution in [1.82, 2.24) is 9.53 Å². The maximum Gasteiger partial charge on any atom is 0.330 e. The van der Waals surface area contributed by atoms with Crippen LogP contribution in [0.1, 0.15) is 93.7 Å². The minimum absolute atomic E-state index is 0.129. The summed E-state index contributed by atoms with van der Waals surface area (Å²) >= 11 is 0. The number of hydrogen-bond acceptors (Lipinski definition) is 3. The average Bonchev–Trinajstić information content (AvgIpc) is 2.94. The molecule has 0 radical (unpaired) electrons. The summed E-state index contributed by atoms with van der Waals surface area (Å²) in [6.07, 6.45) is 1.66. The molecular weight excluding hydrogens is 364 g/mol. The van der Waals surface area contributed by atoms with E-state index >= 15 is 0 Å². The predicted molar refractivity (Wildman–Crippen MR) is 142 cm³/mol. The summed E-state index contributed by atoms with van der Waals surface area (Å²) in [5.41, 5.74) is 4.64. The summed E-state index contributed by atoms with van der Waals surface area (Å²) in [5, 5.41) is 0. The second-order valence-electron chi connectivity index (χ2n) is 9.79. The van der Waals surface area contributed by atoms with E-state index in [1.165, 1.54) is 23.2 Å². The maximum absolute atomic E-state index is 2.63. The van der Waals surface area contributed by atoms with E-state index in [0.29, 0.717) is 20.1 Å². The molecule has 1 atom stereocenters. The van der Waals surface area contributed by atoms with Crippen molar-refractivity contribution in [3.05, 3.63) is 29.3 Å². The Morgan fingerprint density at radius 1 is 0.933 bits per heavy atom. The Labute approximate surface area is 190 Å². The number of rotatable bonds is 0. The Hall–Kier alpha value is -0.930. The molecule has 2 aliphatic rings. The molecule has 30 heavy (non-hydrogen) atoms. The molecule has 3 rings (SSSR count). The normalized spacial score (nSPS) is 20.1. The SMILES string of the molecule is CB1N(C)B(C)N2c3cc(C(C)(C)C)ccc3C(C)(C)C2N1C.CC.CC.CCC. The molecule has 0 aliphatic carbocycles. The molecule has 2 aliphatic heterocycles. The van der Waals surface area contributed by atoms with Crippen LogP contribution in [0.3, 0.4) is 0 Å². The topological polar surface area (TPSA) is 9.72 Å². The summed E-state index contributed by atoms with van der Waals surface area (Å²) < 4.78 is 2.46. The summed E-state index contributed by atoms with van der Waals surface area (Å²) in [5.74, 6) is 0. The third kappa shape index (κ3) is 5.46. The van der Waals surface area contributed by atoms with Gasteiger partial charge >= 0.3 is 6.98 Å². The first-order valence-electron chi connectivity index (χ1n) is 12.3. The van der Waals surface area contributed by atoms with E-state index < -0.39 is 0 Å². The molecule has 0 aromatic heterocycles. The lowest BCUT2D eigenvalue weighted by atomic mass is 9.56. The fourth-order valence-corrected chi connectivity index (χ4v) is 4.49. The van der Waals surface area contributed by atoms with Crippen LogP contribution in [0.15, 0.2) is 18.2 Å². The van der Waals surface area contributed by atoms with Gasteiger partial charge in [-0.3, -0.25) is 0 Å². The van der Waals surface area contributed by atoms with Gasteiger partial charge in [-0.1, -0.05) is 108 Å². The standard InChI is InChI=1S/C18H31B2N3.C3H8.2C2H6/c1-17(2,3)13-10-11-14-15(12-13)23-16(18(14,4)5)21(8)19(6)22(9)20(23)7;1-3-2;2*1-2/h10-12,16H,1-9H3;3H2,1-2H3;2*1-2H3. The van der Waals surface area contributed by atoms with Crippen molar-refractivity contribution in [2.24, 2.45) is 0 Å². The molecule has 1 unspecified atom stereocenters. The van der Waals surface area contributed by atoms with Crippen LogP contribution in [0.5, 0.6) is 0 Å². The van der Waals surface area contributed by atoms with Gasteiger partial charge < -0.3 is 14.3 Å². The summed E-state index contributed by atoms with van der Waals surface area (Å²) in [4.78, 5) is 5.15. The first-order chi connectivity index (χ1) is 13.9. The van der Waals surface area contributed by atoms with Gasteiger partial charge in [-0.05, 0) is 36.7 Å². The molecule has 1 saturated heterocycles. The first-order valence-corrected chi connectivity index (χ1v) is 12.3. The van der Waals surface area contributed by atoms with E-state index in [9.17, 15) is 0 Å². The molecule has 0 bridgehead atoms. The molecule has 1 fully saturated rings. The predicted octanol–water partition coefficient (Wildman–Crippen LogP) is 6.99. The molecular formula is C25H51B2N3. The van der Waals surface area contributed by atoms with E-state index in [-0.39, 0.29) is 10.8 Å². The van der Waals surface area contributed by atoms with Crippen LogP contribution in [0.2, 0.25) is 13.6 Å². The van der Waals surface area contributed by atoms with Crippen molar-refractivity contribution < 1.29 is 0 Å². The number of hydrogen-bond donors (Lipinski definition) is 0. The number of fused-ring (bicyclic) bond motifs is 3. The molecule has 1 aromatic rings. The van der Waals surface area contributed by atoms with Crippen molar-refractivity contribution in [3.8, 4) is 0 Å². The van der Waals surface area contributed by atoms with Crippen molar-refractivity contribution in [1.29, 1.82) is 0 Å². The maximum atomic E-state index is 2.63. The van der Waals surface area contributed by atoms with Gasteiger partial charge in [0.1, 0.15) is 0 Å². The highest BCUT2D eigenvalue weighted by molar-refractivity contribution is 6.74. The molecule has 0 amide bonds. The number of anilines is 1. The van der Waals surface area contributed by atoms with Gasteiger partial charge in [-0.2, -0.15) is 0 Å². The van der Waals surface area contributed by atoms with Gasteiger partial charge in [0, 0.05) is 11.1 Å². The lowest BCUT2D eigenvalue weighted by molar-refractivity contribution is 0.258. The summed E-state index contributed by atoms with van der Waals surface area (Å²) in [7, 11) is 4.50. The Morgan fingerprint density at radius 2 is 1.40 bits per heavy atom. The molecule has 1 aromatic carbocycles. The quantitative estimate of drug-likeness (QED) is 0.423. The molecule has 5 heteroatoms. The van der Waals surface area contributed by atoms with Crippen LogP contribution >= 0.6 is 0 Å². The Kier molecular flexibility index (Phi) is 11.3. The molecule has 3 nitrogen and oxygen atoms in total. The van der Waals surface area contributed by atoms with Crippen molar-refractivity contribution in [2.75, 3.05) is 18.9 Å². The van der Waals surface area contributed by atoms with E-state index in [2.05, 4.69) is 109 Å². The van der Waals surface area contributed by atoms with Gasteiger partial charge in [-0.25, -0.2) is 0 Å². The van der Waals surface area contributed by atoms with Crippen LogP contribution in [0, 0.1) is 0 Å². The highest BCUT2D eigenvalue weighted by atomic mass is 15.4. The molecule has 172 valence electrons. The van der Waals surface area contributed by atoms with Gasteiger partial charge in [0.2, 0.25) is 0 Å². The fourth-order valence-electron chi connectivity index (χ4n) is 4.49. The third-order valence-electron chi connectivity index (χ3n) is 6.30. The third-order valence-corrected chi connectivity index (χ3v) is 6.30. The number of nitrogens with zero attached hydrogens (tertiary/aromatic N) is 3. The lowest BCUT2D eigenvalue weighted by Crippen LogP contribution is -2.73. The van der Waals surface area contributed by atoms with Crippen LogP contribution in [-0.2, 0) is 10.8 Å². The zero-order valence-electron chi connectivity index (χ0n) is 23.0. The zero-order valence-corrected chi connectivity index (χ0v) is 23.0. The summed E-state index contributed by atoms with van der Waals surface area (Å²) in [6.45, 7) is 29.4. The Morgan fingerprint density at radius 3 is 1.83 bits per heavy atom. The monoisotopic (exact) mass is 415 g/mol. The van der Waals surface area contributed by atoms with E-state index in [1.807, 2.05) is 27.7 Å². The molecule has 2 heterocycles. The van der Waals surface area contributed by atoms with Gasteiger partial charge in [0.05, 0.1) is 6.17 Å². The average molecular weight is 415 g/mol. The minimum atomic E-state index is 0.129. The Balaban J connectivity index is 0.00000108. The largest absolute Gasteiger partial charge is 0.386 e. The van der Waals surface area contributed by atoms with Gasteiger partial charge in [0.25, 0.3) is 6.98 Å². The van der Waals surface area contributed by atoms with Crippen LogP contribution < -0.4 is 4.81 Å². The van der Waals surface area contributed by atoms with E-state index in [4.69, 9.17) is 0 Å². The van der Waals surface area contributed by atoms with Crippen LogP contribution in [0.4, 0.5) is 5.69 Å². The fraction of sp³-hybridized carbons (Fsp3) is 0.760. The first kappa shape index (κ1) is 29.1. The van der Waals surface area contributed by atoms with E-state index in [0.717, 1.165) is 0 Å². The van der Waals surface area contributed by atoms with E-state index in [1.54, 1.807) is 0 Å².